The average molecular weight is 225 g/mol. The maximum absolute atomic E-state index is 4.09. The number of pyridine rings is 1. The minimum atomic E-state index is 0.0306. The van der Waals surface area contributed by atoms with E-state index in [1.807, 2.05) is 33.7 Å². The van der Waals surface area contributed by atoms with Crippen molar-refractivity contribution < 1.29 is 0 Å². The summed E-state index contributed by atoms with van der Waals surface area (Å²) in [5, 5.41) is 0. The summed E-state index contributed by atoms with van der Waals surface area (Å²) < 4.78 is 4.05. The van der Waals surface area contributed by atoms with Crippen molar-refractivity contribution in [2.45, 2.75) is 6.17 Å². The van der Waals surface area contributed by atoms with E-state index < -0.39 is 0 Å². The summed E-state index contributed by atoms with van der Waals surface area (Å²) in [7, 11) is 0. The summed E-state index contributed by atoms with van der Waals surface area (Å²) in [5.41, 5.74) is 1.14. The fourth-order valence-corrected chi connectivity index (χ4v) is 1.86. The summed E-state index contributed by atoms with van der Waals surface area (Å²) in [6.07, 6.45) is 14.6. The Bertz CT molecular complexity index is 522. The van der Waals surface area contributed by atoms with Gasteiger partial charge in [0.05, 0.1) is 12.7 Å². The highest BCUT2D eigenvalue weighted by Gasteiger charge is 2.13. The molecule has 0 radical (unpaired) electrons. The Balaban J connectivity index is 2.10. The largest absolute Gasteiger partial charge is 0.312 e. The summed E-state index contributed by atoms with van der Waals surface area (Å²) in [4.78, 5) is 12.2. The van der Waals surface area contributed by atoms with Gasteiger partial charge in [-0.2, -0.15) is 0 Å². The first-order chi connectivity index (χ1) is 8.45. The van der Waals surface area contributed by atoms with Crippen LogP contribution in [0.15, 0.2) is 62.0 Å². The SMILES string of the molecule is c1cc(C(n2ccnc2)n2ccnc2)ccn1. The molecule has 17 heavy (non-hydrogen) atoms. The number of nitrogens with zero attached hydrogens (tertiary/aromatic N) is 5. The molecule has 3 aromatic heterocycles. The number of hydrogen-bond donors (Lipinski definition) is 0. The molecule has 0 atom stereocenters. The molecule has 0 aliphatic heterocycles. The van der Waals surface area contributed by atoms with E-state index >= 15 is 0 Å². The Morgan fingerprint density at radius 1 is 0.765 bits per heavy atom. The van der Waals surface area contributed by atoms with Gasteiger partial charge in [-0.05, 0) is 17.7 Å². The van der Waals surface area contributed by atoms with Crippen molar-refractivity contribution >= 4 is 0 Å². The van der Waals surface area contributed by atoms with Gasteiger partial charge < -0.3 is 9.13 Å². The van der Waals surface area contributed by atoms with Crippen molar-refractivity contribution in [2.75, 3.05) is 0 Å². The fourth-order valence-electron chi connectivity index (χ4n) is 1.86. The van der Waals surface area contributed by atoms with Crippen molar-refractivity contribution in [3.63, 3.8) is 0 Å². The standard InChI is InChI=1S/C12H11N5/c1-3-13-4-2-11(1)12(16-7-5-14-9-16)17-8-6-15-10-17/h1-10,12H. The van der Waals surface area contributed by atoms with Gasteiger partial charge in [-0.15, -0.1) is 0 Å². The normalized spacial score (nSPS) is 10.9. The molecule has 0 bridgehead atoms. The number of rotatable bonds is 3. The van der Waals surface area contributed by atoms with E-state index in [2.05, 4.69) is 15.0 Å². The van der Waals surface area contributed by atoms with Crippen LogP contribution >= 0.6 is 0 Å². The predicted molar refractivity (Wildman–Crippen MR) is 62.2 cm³/mol. The summed E-state index contributed by atoms with van der Waals surface area (Å²) >= 11 is 0. The molecule has 3 rings (SSSR count). The van der Waals surface area contributed by atoms with E-state index in [4.69, 9.17) is 0 Å². The predicted octanol–water partition coefficient (Wildman–Crippen LogP) is 1.57. The first-order valence-corrected chi connectivity index (χ1v) is 5.30. The number of hydrogen-bond acceptors (Lipinski definition) is 3. The van der Waals surface area contributed by atoms with Crippen LogP contribution in [-0.2, 0) is 0 Å². The Labute approximate surface area is 98.4 Å². The van der Waals surface area contributed by atoms with E-state index in [1.165, 1.54) is 0 Å². The van der Waals surface area contributed by atoms with Crippen LogP contribution in [0.1, 0.15) is 11.7 Å². The average Bonchev–Trinajstić information content (AvgIpc) is 3.04. The first-order valence-electron chi connectivity index (χ1n) is 5.30. The topological polar surface area (TPSA) is 48.5 Å². The van der Waals surface area contributed by atoms with Crippen LogP contribution in [0.25, 0.3) is 0 Å². The molecule has 0 aromatic carbocycles. The van der Waals surface area contributed by atoms with Crippen molar-refractivity contribution in [1.29, 1.82) is 0 Å². The third-order valence-electron chi connectivity index (χ3n) is 2.62. The van der Waals surface area contributed by atoms with Gasteiger partial charge in [0.25, 0.3) is 0 Å². The molecule has 3 aromatic rings. The maximum Gasteiger partial charge on any atom is 0.138 e. The molecule has 0 fully saturated rings. The van der Waals surface area contributed by atoms with Gasteiger partial charge in [0, 0.05) is 37.2 Å². The van der Waals surface area contributed by atoms with Crippen molar-refractivity contribution in [1.82, 2.24) is 24.1 Å². The maximum atomic E-state index is 4.09. The van der Waals surface area contributed by atoms with Crippen molar-refractivity contribution in [3.05, 3.63) is 67.5 Å². The fraction of sp³-hybridized carbons (Fsp3) is 0.0833. The minimum absolute atomic E-state index is 0.0306. The van der Waals surface area contributed by atoms with E-state index in [1.54, 1.807) is 37.4 Å². The van der Waals surface area contributed by atoms with Crippen LogP contribution in [0, 0.1) is 0 Å². The molecule has 0 N–H and O–H groups in total. The van der Waals surface area contributed by atoms with Crippen molar-refractivity contribution in [2.24, 2.45) is 0 Å². The zero-order valence-corrected chi connectivity index (χ0v) is 9.09. The third kappa shape index (κ3) is 1.82. The van der Waals surface area contributed by atoms with Gasteiger partial charge in [-0.3, -0.25) is 4.98 Å². The minimum Gasteiger partial charge on any atom is -0.312 e. The molecule has 0 saturated heterocycles. The van der Waals surface area contributed by atoms with Gasteiger partial charge >= 0.3 is 0 Å². The Kier molecular flexibility index (Phi) is 2.42. The van der Waals surface area contributed by atoms with Gasteiger partial charge in [0.1, 0.15) is 6.17 Å². The van der Waals surface area contributed by atoms with E-state index in [9.17, 15) is 0 Å². The molecule has 84 valence electrons. The van der Waals surface area contributed by atoms with Crippen molar-refractivity contribution in [3.8, 4) is 0 Å². The monoisotopic (exact) mass is 225 g/mol. The first kappa shape index (κ1) is 9.77. The molecule has 5 nitrogen and oxygen atoms in total. The van der Waals surface area contributed by atoms with Crippen LogP contribution in [0.4, 0.5) is 0 Å². The zero-order chi connectivity index (χ0) is 11.5. The molecule has 0 saturated carbocycles. The van der Waals surface area contributed by atoms with Gasteiger partial charge in [0.15, 0.2) is 0 Å². The molecular weight excluding hydrogens is 214 g/mol. The third-order valence-corrected chi connectivity index (χ3v) is 2.62. The molecular formula is C12H11N5. The smallest absolute Gasteiger partial charge is 0.138 e. The summed E-state index contributed by atoms with van der Waals surface area (Å²) in [6.45, 7) is 0. The lowest BCUT2D eigenvalue weighted by Gasteiger charge is -2.19. The van der Waals surface area contributed by atoms with Crippen LogP contribution < -0.4 is 0 Å². The molecule has 0 aliphatic rings. The van der Waals surface area contributed by atoms with Crippen LogP contribution in [0.2, 0.25) is 0 Å². The van der Waals surface area contributed by atoms with E-state index in [0.717, 1.165) is 5.56 Å². The molecule has 0 spiro atoms. The highest BCUT2D eigenvalue weighted by molar-refractivity contribution is 5.17. The Hall–Kier alpha value is -2.43. The lowest BCUT2D eigenvalue weighted by Crippen LogP contribution is -2.16. The summed E-state index contributed by atoms with van der Waals surface area (Å²) in [6, 6.07) is 3.98. The molecule has 0 aliphatic carbocycles. The highest BCUT2D eigenvalue weighted by atomic mass is 15.2. The van der Waals surface area contributed by atoms with Gasteiger partial charge in [-0.1, -0.05) is 0 Å². The lowest BCUT2D eigenvalue weighted by atomic mass is 10.2. The lowest BCUT2D eigenvalue weighted by molar-refractivity contribution is 0.502. The molecule has 3 heterocycles. The zero-order valence-electron chi connectivity index (χ0n) is 9.09. The molecule has 5 heteroatoms. The Morgan fingerprint density at radius 2 is 1.35 bits per heavy atom. The Morgan fingerprint density at radius 3 is 1.82 bits per heavy atom. The molecule has 0 amide bonds. The summed E-state index contributed by atoms with van der Waals surface area (Å²) in [5.74, 6) is 0. The van der Waals surface area contributed by atoms with Crippen LogP contribution in [0.5, 0.6) is 0 Å². The van der Waals surface area contributed by atoms with E-state index in [-0.39, 0.29) is 6.17 Å². The van der Waals surface area contributed by atoms with E-state index in [0.29, 0.717) is 0 Å². The van der Waals surface area contributed by atoms with Gasteiger partial charge in [-0.25, -0.2) is 9.97 Å². The van der Waals surface area contributed by atoms with Crippen LogP contribution in [0.3, 0.4) is 0 Å². The second kappa shape index (κ2) is 4.21. The second-order valence-electron chi connectivity index (χ2n) is 3.67. The second-order valence-corrected chi connectivity index (χ2v) is 3.67. The van der Waals surface area contributed by atoms with Crippen LogP contribution in [-0.4, -0.2) is 24.1 Å². The number of imidazole rings is 2. The molecule has 0 unspecified atom stereocenters. The van der Waals surface area contributed by atoms with Gasteiger partial charge in [0.2, 0.25) is 0 Å². The number of aromatic nitrogens is 5. The highest BCUT2D eigenvalue weighted by Crippen LogP contribution is 2.19. The quantitative estimate of drug-likeness (QED) is 0.679.